The van der Waals surface area contributed by atoms with E-state index in [4.69, 9.17) is 4.74 Å². The third kappa shape index (κ3) is 2.65. The van der Waals surface area contributed by atoms with E-state index in [0.717, 1.165) is 0 Å². The van der Waals surface area contributed by atoms with Crippen molar-refractivity contribution in [2.45, 2.75) is 26.7 Å². The van der Waals surface area contributed by atoms with Gasteiger partial charge in [-0.3, -0.25) is 10.1 Å². The van der Waals surface area contributed by atoms with Crippen LogP contribution in [0.4, 0.5) is 0 Å². The van der Waals surface area contributed by atoms with E-state index in [0.29, 0.717) is 24.0 Å². The highest BCUT2D eigenvalue weighted by Crippen LogP contribution is 2.24. The molecule has 0 bridgehead atoms. The minimum Gasteiger partial charge on any atom is -0.463 e. The molecule has 0 heterocycles. The summed E-state index contributed by atoms with van der Waals surface area (Å²) in [5, 5.41) is 10.6. The fourth-order valence-electron chi connectivity index (χ4n) is 1.40. The standard InChI is InChI=1S/C10H13NO4/c1-3-15-10(12)8-5-4-7(2)9(6-8)11(13)14/h6H,3-5H2,1-2H3. The van der Waals surface area contributed by atoms with Crippen LogP contribution in [-0.2, 0) is 9.53 Å². The Morgan fingerprint density at radius 2 is 2.27 bits per heavy atom. The fraction of sp³-hybridized carbons (Fsp3) is 0.500. The van der Waals surface area contributed by atoms with E-state index < -0.39 is 10.9 Å². The fourth-order valence-corrected chi connectivity index (χ4v) is 1.40. The summed E-state index contributed by atoms with van der Waals surface area (Å²) in [7, 11) is 0. The average molecular weight is 211 g/mol. The molecule has 0 aromatic rings. The van der Waals surface area contributed by atoms with Crippen molar-refractivity contribution < 1.29 is 14.5 Å². The van der Waals surface area contributed by atoms with Crippen molar-refractivity contribution in [1.29, 1.82) is 0 Å². The van der Waals surface area contributed by atoms with Gasteiger partial charge in [0.25, 0.3) is 5.70 Å². The molecule has 0 amide bonds. The van der Waals surface area contributed by atoms with E-state index in [-0.39, 0.29) is 12.3 Å². The van der Waals surface area contributed by atoms with Gasteiger partial charge in [0.05, 0.1) is 11.5 Å². The van der Waals surface area contributed by atoms with Gasteiger partial charge in [0, 0.05) is 17.2 Å². The number of ether oxygens (including phenoxy) is 1. The molecular formula is C10H13NO4. The maximum atomic E-state index is 11.3. The van der Waals surface area contributed by atoms with Gasteiger partial charge in [-0.05, 0) is 26.7 Å². The summed E-state index contributed by atoms with van der Waals surface area (Å²) < 4.78 is 4.79. The zero-order chi connectivity index (χ0) is 11.4. The molecule has 0 N–H and O–H groups in total. The van der Waals surface area contributed by atoms with E-state index in [1.54, 1.807) is 13.8 Å². The molecule has 0 aromatic carbocycles. The first-order valence-electron chi connectivity index (χ1n) is 4.78. The third-order valence-corrected chi connectivity index (χ3v) is 2.25. The van der Waals surface area contributed by atoms with Crippen molar-refractivity contribution >= 4 is 5.97 Å². The van der Waals surface area contributed by atoms with Gasteiger partial charge in [0.2, 0.25) is 0 Å². The molecule has 0 aliphatic heterocycles. The highest BCUT2D eigenvalue weighted by molar-refractivity contribution is 5.89. The first-order valence-corrected chi connectivity index (χ1v) is 4.78. The van der Waals surface area contributed by atoms with E-state index in [2.05, 4.69) is 0 Å². The van der Waals surface area contributed by atoms with Crippen LogP contribution in [0.15, 0.2) is 22.9 Å². The summed E-state index contributed by atoms with van der Waals surface area (Å²) in [6, 6.07) is 0. The number of allylic oxidation sites excluding steroid dienone is 2. The van der Waals surface area contributed by atoms with Gasteiger partial charge in [0.1, 0.15) is 0 Å². The lowest BCUT2D eigenvalue weighted by Crippen LogP contribution is -2.13. The minimum absolute atomic E-state index is 0.0179. The zero-order valence-electron chi connectivity index (χ0n) is 8.78. The van der Waals surface area contributed by atoms with Gasteiger partial charge in [-0.1, -0.05) is 0 Å². The molecule has 1 aliphatic carbocycles. The summed E-state index contributed by atoms with van der Waals surface area (Å²) in [6.45, 7) is 3.69. The van der Waals surface area contributed by atoms with Gasteiger partial charge >= 0.3 is 5.97 Å². The smallest absolute Gasteiger partial charge is 0.334 e. The quantitative estimate of drug-likeness (QED) is 0.405. The molecule has 1 aliphatic rings. The van der Waals surface area contributed by atoms with Crippen LogP contribution in [0.2, 0.25) is 0 Å². The summed E-state index contributed by atoms with van der Waals surface area (Å²) in [6.07, 6.45) is 2.37. The predicted octanol–water partition coefficient (Wildman–Crippen LogP) is 1.82. The molecular weight excluding hydrogens is 198 g/mol. The van der Waals surface area contributed by atoms with Crippen LogP contribution in [0.1, 0.15) is 26.7 Å². The Hall–Kier alpha value is -1.65. The molecule has 0 unspecified atom stereocenters. The number of hydrogen-bond donors (Lipinski definition) is 0. The van der Waals surface area contributed by atoms with E-state index in [1.807, 2.05) is 0 Å². The van der Waals surface area contributed by atoms with Crippen molar-refractivity contribution in [2.75, 3.05) is 6.61 Å². The Labute approximate surface area is 87.6 Å². The second-order valence-corrected chi connectivity index (χ2v) is 3.31. The van der Waals surface area contributed by atoms with Crippen molar-refractivity contribution in [3.8, 4) is 0 Å². The lowest BCUT2D eigenvalue weighted by Gasteiger charge is -2.11. The molecule has 0 spiro atoms. The average Bonchev–Trinajstić information content (AvgIpc) is 2.18. The zero-order valence-corrected chi connectivity index (χ0v) is 8.78. The molecule has 15 heavy (non-hydrogen) atoms. The van der Waals surface area contributed by atoms with Crippen LogP contribution in [-0.4, -0.2) is 17.5 Å². The van der Waals surface area contributed by atoms with E-state index in [9.17, 15) is 14.9 Å². The molecule has 0 atom stereocenters. The molecule has 5 heteroatoms. The summed E-state index contributed by atoms with van der Waals surface area (Å²) in [5.74, 6) is -0.454. The van der Waals surface area contributed by atoms with Gasteiger partial charge < -0.3 is 4.74 Å². The number of nitrogens with zero attached hydrogens (tertiary/aromatic N) is 1. The Morgan fingerprint density at radius 3 is 2.80 bits per heavy atom. The van der Waals surface area contributed by atoms with Crippen LogP contribution < -0.4 is 0 Å². The Morgan fingerprint density at radius 1 is 1.60 bits per heavy atom. The second kappa shape index (κ2) is 4.72. The third-order valence-electron chi connectivity index (χ3n) is 2.25. The Balaban J connectivity index is 2.91. The van der Waals surface area contributed by atoms with Crippen LogP contribution in [0.25, 0.3) is 0 Å². The van der Waals surface area contributed by atoms with Crippen LogP contribution in [0, 0.1) is 10.1 Å². The van der Waals surface area contributed by atoms with Crippen LogP contribution in [0.5, 0.6) is 0 Å². The summed E-state index contributed by atoms with van der Waals surface area (Å²) >= 11 is 0. The van der Waals surface area contributed by atoms with Gasteiger partial charge in [-0.25, -0.2) is 4.79 Å². The van der Waals surface area contributed by atoms with Crippen LogP contribution in [0.3, 0.4) is 0 Å². The monoisotopic (exact) mass is 211 g/mol. The number of carbonyl (C=O) groups is 1. The largest absolute Gasteiger partial charge is 0.463 e. The van der Waals surface area contributed by atoms with Gasteiger partial charge in [-0.15, -0.1) is 0 Å². The van der Waals surface area contributed by atoms with E-state index in [1.165, 1.54) is 6.08 Å². The minimum atomic E-state index is -0.465. The van der Waals surface area contributed by atoms with Gasteiger partial charge in [0.15, 0.2) is 0 Å². The van der Waals surface area contributed by atoms with Crippen molar-refractivity contribution in [3.05, 3.63) is 33.0 Å². The molecule has 0 radical (unpaired) electrons. The highest BCUT2D eigenvalue weighted by atomic mass is 16.6. The SMILES string of the molecule is CCOC(=O)C1=CC([N+](=O)[O-])=C(C)CC1. The number of carbonyl (C=O) groups excluding carboxylic acids is 1. The molecule has 0 aromatic heterocycles. The van der Waals surface area contributed by atoms with Crippen molar-refractivity contribution in [1.82, 2.24) is 0 Å². The van der Waals surface area contributed by atoms with Crippen molar-refractivity contribution in [3.63, 3.8) is 0 Å². The number of rotatable bonds is 3. The maximum Gasteiger partial charge on any atom is 0.334 e. The maximum absolute atomic E-state index is 11.3. The predicted molar refractivity (Wildman–Crippen MR) is 53.6 cm³/mol. The molecule has 1 rings (SSSR count). The number of esters is 1. The highest BCUT2D eigenvalue weighted by Gasteiger charge is 2.23. The molecule has 0 fully saturated rings. The molecule has 82 valence electrons. The van der Waals surface area contributed by atoms with Crippen LogP contribution >= 0.6 is 0 Å². The first kappa shape index (κ1) is 11.4. The Bertz CT molecular complexity index is 354. The van der Waals surface area contributed by atoms with Crippen molar-refractivity contribution in [2.24, 2.45) is 0 Å². The topological polar surface area (TPSA) is 69.4 Å². The van der Waals surface area contributed by atoms with Gasteiger partial charge in [-0.2, -0.15) is 0 Å². The lowest BCUT2D eigenvalue weighted by atomic mass is 9.97. The summed E-state index contributed by atoms with van der Waals surface area (Å²) in [4.78, 5) is 21.5. The second-order valence-electron chi connectivity index (χ2n) is 3.31. The summed E-state index contributed by atoms with van der Waals surface area (Å²) in [5.41, 5.74) is 1.10. The Kier molecular flexibility index (Phi) is 3.60. The first-order chi connectivity index (χ1) is 7.06. The molecule has 0 saturated carbocycles. The molecule has 0 saturated heterocycles. The normalized spacial score (nSPS) is 16.0. The molecule has 5 nitrogen and oxygen atoms in total. The number of nitro groups is 1. The lowest BCUT2D eigenvalue weighted by molar-refractivity contribution is -0.420. The van der Waals surface area contributed by atoms with E-state index >= 15 is 0 Å². The number of hydrogen-bond acceptors (Lipinski definition) is 4.